The molecule has 0 aromatic carbocycles. The van der Waals surface area contributed by atoms with Gasteiger partial charge in [0.15, 0.2) is 0 Å². The normalized spacial score (nSPS) is 28.1. The summed E-state index contributed by atoms with van der Waals surface area (Å²) in [6.45, 7) is 5.46. The molecule has 2 heterocycles. The highest BCUT2D eigenvalue weighted by Crippen LogP contribution is 2.45. The molecule has 1 aliphatic carbocycles. The fraction of sp³-hybridized carbons (Fsp3) is 0.733. The first-order valence-electron chi connectivity index (χ1n) is 7.61. The number of ether oxygens (including phenoxy) is 2. The molecule has 22 heavy (non-hydrogen) atoms. The van der Waals surface area contributed by atoms with Crippen molar-refractivity contribution in [3.63, 3.8) is 0 Å². The zero-order valence-electron chi connectivity index (χ0n) is 12.9. The van der Waals surface area contributed by atoms with Crippen LogP contribution in [0.2, 0.25) is 0 Å². The van der Waals surface area contributed by atoms with E-state index in [2.05, 4.69) is 10.3 Å². The first-order valence-corrected chi connectivity index (χ1v) is 8.42. The Bertz CT molecular complexity index is 553. The van der Waals surface area contributed by atoms with Gasteiger partial charge < -0.3 is 19.9 Å². The van der Waals surface area contributed by atoms with E-state index in [4.69, 9.17) is 9.47 Å². The van der Waals surface area contributed by atoms with Crippen molar-refractivity contribution in [1.29, 1.82) is 0 Å². The summed E-state index contributed by atoms with van der Waals surface area (Å²) in [5, 5.41) is 14.2. The number of carbonyl (C=O) groups excluding carboxylic acids is 1. The fourth-order valence-electron chi connectivity index (χ4n) is 3.04. The molecule has 7 heteroatoms. The lowest BCUT2D eigenvalue weighted by atomic mass is 9.78. The second-order valence-electron chi connectivity index (χ2n) is 6.59. The van der Waals surface area contributed by atoms with Crippen LogP contribution in [0.3, 0.4) is 0 Å². The minimum atomic E-state index is -0.839. The highest BCUT2D eigenvalue weighted by molar-refractivity contribution is 7.13. The quantitative estimate of drug-likeness (QED) is 0.883. The zero-order valence-corrected chi connectivity index (χ0v) is 13.7. The molecule has 1 amide bonds. The molecule has 2 N–H and O–H groups in total. The van der Waals surface area contributed by atoms with Gasteiger partial charge in [0, 0.05) is 6.54 Å². The van der Waals surface area contributed by atoms with Gasteiger partial charge in [-0.1, -0.05) is 13.8 Å². The second-order valence-corrected chi connectivity index (χ2v) is 7.65. The number of thiazole rings is 1. The maximum atomic E-state index is 12.2. The van der Waals surface area contributed by atoms with E-state index in [9.17, 15) is 9.90 Å². The van der Waals surface area contributed by atoms with Crippen molar-refractivity contribution < 1.29 is 19.4 Å². The molecule has 0 bridgehead atoms. The molecule has 1 aromatic rings. The van der Waals surface area contributed by atoms with E-state index in [-0.39, 0.29) is 17.9 Å². The largest absolute Gasteiger partial charge is 0.387 e. The van der Waals surface area contributed by atoms with Crippen molar-refractivity contribution in [2.75, 3.05) is 19.8 Å². The molecule has 6 nitrogen and oxygen atoms in total. The van der Waals surface area contributed by atoms with Crippen LogP contribution in [0.4, 0.5) is 0 Å². The third-order valence-electron chi connectivity index (χ3n) is 4.76. The first kappa shape index (κ1) is 15.9. The summed E-state index contributed by atoms with van der Waals surface area (Å²) in [4.78, 5) is 16.9. The maximum Gasteiger partial charge on any atom is 0.263 e. The van der Waals surface area contributed by atoms with Gasteiger partial charge >= 0.3 is 0 Å². The summed E-state index contributed by atoms with van der Waals surface area (Å²) in [5.41, 5.74) is -1.02. The van der Waals surface area contributed by atoms with Crippen molar-refractivity contribution >= 4 is 17.2 Å². The van der Waals surface area contributed by atoms with Crippen molar-refractivity contribution in [2.45, 2.75) is 45.0 Å². The monoisotopic (exact) mass is 326 g/mol. The van der Waals surface area contributed by atoms with E-state index < -0.39 is 11.9 Å². The molecule has 2 aliphatic rings. The predicted molar refractivity (Wildman–Crippen MR) is 81.7 cm³/mol. The van der Waals surface area contributed by atoms with Crippen LogP contribution in [0.5, 0.6) is 0 Å². The van der Waals surface area contributed by atoms with E-state index in [1.807, 2.05) is 13.8 Å². The van der Waals surface area contributed by atoms with Gasteiger partial charge in [-0.05, 0) is 24.7 Å². The van der Waals surface area contributed by atoms with Gasteiger partial charge in [0.05, 0.1) is 25.0 Å². The van der Waals surface area contributed by atoms with Gasteiger partial charge in [-0.2, -0.15) is 0 Å². The number of nitrogens with one attached hydrogen (secondary N) is 1. The molecule has 1 saturated heterocycles. The van der Waals surface area contributed by atoms with E-state index in [0.717, 1.165) is 19.3 Å². The Labute approximate surface area is 133 Å². The Kier molecular flexibility index (Phi) is 4.24. The highest BCUT2D eigenvalue weighted by Gasteiger charge is 2.47. The predicted octanol–water partition coefficient (Wildman–Crippen LogP) is 1.86. The molecule has 0 radical (unpaired) electrons. The van der Waals surface area contributed by atoms with Gasteiger partial charge in [0.2, 0.25) is 6.29 Å². The van der Waals surface area contributed by atoms with Crippen molar-refractivity contribution in [1.82, 2.24) is 10.3 Å². The summed E-state index contributed by atoms with van der Waals surface area (Å²) in [6, 6.07) is 0. The fourth-order valence-corrected chi connectivity index (χ4v) is 3.87. The molecule has 1 unspecified atom stereocenters. The van der Waals surface area contributed by atoms with E-state index >= 15 is 0 Å². The van der Waals surface area contributed by atoms with Gasteiger partial charge in [0.1, 0.15) is 9.88 Å². The summed E-state index contributed by atoms with van der Waals surface area (Å²) in [7, 11) is 0. The Morgan fingerprint density at radius 2 is 2.18 bits per heavy atom. The van der Waals surface area contributed by atoms with Crippen molar-refractivity contribution in [3.8, 4) is 0 Å². The Balaban J connectivity index is 1.60. The highest BCUT2D eigenvalue weighted by atomic mass is 32.1. The number of hydrogen-bond donors (Lipinski definition) is 2. The minimum Gasteiger partial charge on any atom is -0.387 e. The number of rotatable bonds is 4. The number of carbonyl (C=O) groups is 1. The number of hydrogen-bond acceptors (Lipinski definition) is 6. The van der Waals surface area contributed by atoms with Crippen LogP contribution in [0, 0.1) is 5.41 Å². The second kappa shape index (κ2) is 5.88. The molecule has 122 valence electrons. The number of aliphatic hydroxyl groups is 1. The van der Waals surface area contributed by atoms with Gasteiger partial charge in [-0.15, -0.1) is 11.3 Å². The van der Waals surface area contributed by atoms with Crippen LogP contribution in [-0.2, 0) is 9.47 Å². The number of aromatic nitrogens is 1. The zero-order chi connectivity index (χ0) is 15.8. The van der Waals surface area contributed by atoms with Crippen LogP contribution in [0.1, 0.15) is 54.1 Å². The van der Waals surface area contributed by atoms with Crippen LogP contribution in [-0.4, -0.2) is 41.4 Å². The number of amides is 1. The SMILES string of the molecule is CC1(C)CCCC1(O)CNC(=O)c1cnc(C2OCCO2)s1. The average molecular weight is 326 g/mol. The Morgan fingerprint density at radius 1 is 1.45 bits per heavy atom. The van der Waals surface area contributed by atoms with Crippen LogP contribution in [0.25, 0.3) is 0 Å². The summed E-state index contributed by atoms with van der Waals surface area (Å²) < 4.78 is 10.7. The molecular weight excluding hydrogens is 304 g/mol. The summed E-state index contributed by atoms with van der Waals surface area (Å²) in [5.74, 6) is -0.210. The average Bonchev–Trinajstić information content (AvgIpc) is 3.17. The van der Waals surface area contributed by atoms with Gasteiger partial charge in [-0.25, -0.2) is 4.98 Å². The first-order chi connectivity index (χ1) is 10.4. The van der Waals surface area contributed by atoms with E-state index in [1.54, 1.807) is 0 Å². The molecule has 1 atom stereocenters. The van der Waals surface area contributed by atoms with Crippen molar-refractivity contribution in [2.24, 2.45) is 5.41 Å². The van der Waals surface area contributed by atoms with Crippen LogP contribution >= 0.6 is 11.3 Å². The standard InChI is InChI=1S/C15H22N2O4S/c1-14(2)4-3-5-15(14,19)9-17-11(18)10-8-16-12(22-10)13-20-6-7-21-13/h8,13,19H,3-7,9H2,1-2H3,(H,17,18). The minimum absolute atomic E-state index is 0.176. The van der Waals surface area contributed by atoms with Crippen molar-refractivity contribution in [3.05, 3.63) is 16.1 Å². The summed E-state index contributed by atoms with van der Waals surface area (Å²) in [6.07, 6.45) is 3.76. The smallest absolute Gasteiger partial charge is 0.263 e. The summed E-state index contributed by atoms with van der Waals surface area (Å²) >= 11 is 1.26. The van der Waals surface area contributed by atoms with Crippen LogP contribution < -0.4 is 5.32 Å². The van der Waals surface area contributed by atoms with E-state index in [1.165, 1.54) is 17.5 Å². The molecule has 1 aromatic heterocycles. The lowest BCUT2D eigenvalue weighted by molar-refractivity contribution is -0.0442. The lowest BCUT2D eigenvalue weighted by Gasteiger charge is -2.36. The number of nitrogens with zero attached hydrogens (tertiary/aromatic N) is 1. The Morgan fingerprint density at radius 3 is 2.82 bits per heavy atom. The molecule has 1 aliphatic heterocycles. The lowest BCUT2D eigenvalue weighted by Crippen LogP contribution is -2.49. The molecule has 1 saturated carbocycles. The molecular formula is C15H22N2O4S. The molecule has 0 spiro atoms. The van der Waals surface area contributed by atoms with E-state index in [0.29, 0.717) is 23.1 Å². The molecule has 2 fully saturated rings. The third kappa shape index (κ3) is 2.90. The van der Waals surface area contributed by atoms with Gasteiger partial charge in [0.25, 0.3) is 5.91 Å². The topological polar surface area (TPSA) is 80.7 Å². The van der Waals surface area contributed by atoms with Crippen LogP contribution in [0.15, 0.2) is 6.20 Å². The maximum absolute atomic E-state index is 12.2. The Hall–Kier alpha value is -1.02. The third-order valence-corrected chi connectivity index (χ3v) is 5.78. The van der Waals surface area contributed by atoms with Gasteiger partial charge in [-0.3, -0.25) is 4.79 Å². The molecule has 3 rings (SSSR count).